The fourth-order valence-electron chi connectivity index (χ4n) is 1.67. The minimum absolute atomic E-state index is 0.0500. The van der Waals surface area contributed by atoms with Gasteiger partial charge in [0.1, 0.15) is 5.82 Å². The fourth-order valence-corrected chi connectivity index (χ4v) is 1.88. The van der Waals surface area contributed by atoms with Crippen LogP contribution in [-0.4, -0.2) is 6.03 Å². The van der Waals surface area contributed by atoms with Crippen LogP contribution in [-0.2, 0) is 13.1 Å². The Morgan fingerprint density at radius 1 is 1.00 bits per heavy atom. The highest BCUT2D eigenvalue weighted by molar-refractivity contribution is 6.30. The maximum atomic E-state index is 13.0. The third kappa shape index (κ3) is 4.24. The van der Waals surface area contributed by atoms with Crippen LogP contribution in [0.15, 0.2) is 48.5 Å². The standard InChI is InChI=1S/C15H14ClFN2O/c16-13-8-12(6-7-14(13)17)10-19-15(20)18-9-11-4-2-1-3-5-11/h1-8H,9-10H2,(H2,18,19,20). The van der Waals surface area contributed by atoms with Crippen molar-refractivity contribution < 1.29 is 9.18 Å². The molecule has 0 spiro atoms. The van der Waals surface area contributed by atoms with E-state index in [0.717, 1.165) is 11.1 Å². The highest BCUT2D eigenvalue weighted by Gasteiger charge is 2.03. The van der Waals surface area contributed by atoms with Crippen molar-refractivity contribution in [2.45, 2.75) is 13.1 Å². The van der Waals surface area contributed by atoms with Gasteiger partial charge in [0.05, 0.1) is 5.02 Å². The molecule has 0 saturated heterocycles. The monoisotopic (exact) mass is 292 g/mol. The number of hydrogen-bond acceptors (Lipinski definition) is 1. The lowest BCUT2D eigenvalue weighted by atomic mass is 10.2. The van der Waals surface area contributed by atoms with Crippen LogP contribution in [0.2, 0.25) is 5.02 Å². The summed E-state index contributed by atoms with van der Waals surface area (Å²) >= 11 is 5.67. The first-order valence-corrected chi connectivity index (χ1v) is 6.52. The van der Waals surface area contributed by atoms with Crippen LogP contribution in [0.25, 0.3) is 0 Å². The Kier molecular flexibility index (Phi) is 4.96. The molecule has 0 radical (unpaired) electrons. The Morgan fingerprint density at radius 2 is 1.65 bits per heavy atom. The molecule has 0 fully saturated rings. The molecule has 0 bridgehead atoms. The highest BCUT2D eigenvalue weighted by atomic mass is 35.5. The summed E-state index contributed by atoms with van der Waals surface area (Å²) in [6.45, 7) is 0.747. The number of rotatable bonds is 4. The van der Waals surface area contributed by atoms with Crippen LogP contribution in [0.1, 0.15) is 11.1 Å². The smallest absolute Gasteiger partial charge is 0.315 e. The largest absolute Gasteiger partial charge is 0.334 e. The van der Waals surface area contributed by atoms with Crippen molar-refractivity contribution in [1.82, 2.24) is 10.6 Å². The molecule has 0 atom stereocenters. The zero-order chi connectivity index (χ0) is 14.4. The molecule has 0 aliphatic carbocycles. The molecule has 20 heavy (non-hydrogen) atoms. The predicted octanol–water partition coefficient (Wildman–Crippen LogP) is 3.48. The normalized spacial score (nSPS) is 10.1. The summed E-state index contributed by atoms with van der Waals surface area (Å²) in [5, 5.41) is 5.47. The average Bonchev–Trinajstić information content (AvgIpc) is 2.47. The van der Waals surface area contributed by atoms with Crippen LogP contribution in [0.4, 0.5) is 9.18 Å². The molecule has 3 nitrogen and oxygen atoms in total. The maximum Gasteiger partial charge on any atom is 0.315 e. The molecule has 0 aromatic heterocycles. The summed E-state index contributed by atoms with van der Waals surface area (Å²) in [6.07, 6.45) is 0. The lowest BCUT2D eigenvalue weighted by molar-refractivity contribution is 0.240. The average molecular weight is 293 g/mol. The zero-order valence-corrected chi connectivity index (χ0v) is 11.5. The van der Waals surface area contributed by atoms with Gasteiger partial charge in [0.25, 0.3) is 0 Å². The van der Waals surface area contributed by atoms with Gasteiger partial charge in [-0.1, -0.05) is 48.0 Å². The Labute approximate surface area is 121 Å². The molecule has 104 valence electrons. The van der Waals surface area contributed by atoms with E-state index in [0.29, 0.717) is 13.1 Å². The summed E-state index contributed by atoms with van der Waals surface area (Å²) in [7, 11) is 0. The molecule has 0 aliphatic heterocycles. The van der Waals surface area contributed by atoms with E-state index in [9.17, 15) is 9.18 Å². The van der Waals surface area contributed by atoms with E-state index in [2.05, 4.69) is 10.6 Å². The van der Waals surface area contributed by atoms with Gasteiger partial charge in [-0.2, -0.15) is 0 Å². The number of urea groups is 1. The Bertz CT molecular complexity index is 590. The first-order valence-electron chi connectivity index (χ1n) is 6.15. The number of carbonyl (C=O) groups excluding carboxylic acids is 1. The van der Waals surface area contributed by atoms with Crippen LogP contribution in [0.3, 0.4) is 0 Å². The van der Waals surface area contributed by atoms with E-state index in [-0.39, 0.29) is 11.1 Å². The number of benzene rings is 2. The Balaban J connectivity index is 1.79. The zero-order valence-electron chi connectivity index (χ0n) is 10.7. The minimum Gasteiger partial charge on any atom is -0.334 e. The Hall–Kier alpha value is -2.07. The van der Waals surface area contributed by atoms with Gasteiger partial charge in [0.15, 0.2) is 0 Å². The SMILES string of the molecule is O=C(NCc1ccccc1)NCc1ccc(F)c(Cl)c1. The summed E-state index contributed by atoms with van der Waals surface area (Å²) in [5.41, 5.74) is 1.76. The van der Waals surface area contributed by atoms with E-state index >= 15 is 0 Å². The lowest BCUT2D eigenvalue weighted by Gasteiger charge is -2.08. The quantitative estimate of drug-likeness (QED) is 0.890. The van der Waals surface area contributed by atoms with Gasteiger partial charge < -0.3 is 10.6 Å². The molecule has 0 saturated carbocycles. The number of halogens is 2. The molecule has 2 amide bonds. The van der Waals surface area contributed by atoms with E-state index in [1.807, 2.05) is 30.3 Å². The van der Waals surface area contributed by atoms with Gasteiger partial charge in [-0.15, -0.1) is 0 Å². The van der Waals surface area contributed by atoms with Crippen molar-refractivity contribution in [3.05, 3.63) is 70.5 Å². The van der Waals surface area contributed by atoms with E-state index in [4.69, 9.17) is 11.6 Å². The first kappa shape index (κ1) is 14.3. The number of carbonyl (C=O) groups is 1. The topological polar surface area (TPSA) is 41.1 Å². The fraction of sp³-hybridized carbons (Fsp3) is 0.133. The predicted molar refractivity (Wildman–Crippen MR) is 76.9 cm³/mol. The third-order valence-corrected chi connectivity index (χ3v) is 3.02. The van der Waals surface area contributed by atoms with Gasteiger partial charge in [-0.05, 0) is 23.3 Å². The van der Waals surface area contributed by atoms with Crippen molar-refractivity contribution in [3.63, 3.8) is 0 Å². The van der Waals surface area contributed by atoms with Gasteiger partial charge in [-0.25, -0.2) is 9.18 Å². The second kappa shape index (κ2) is 6.91. The van der Waals surface area contributed by atoms with E-state index in [1.165, 1.54) is 12.1 Å². The van der Waals surface area contributed by atoms with Crippen LogP contribution in [0, 0.1) is 5.82 Å². The van der Waals surface area contributed by atoms with Crippen LogP contribution < -0.4 is 10.6 Å². The number of hydrogen-bond donors (Lipinski definition) is 2. The van der Waals surface area contributed by atoms with Gasteiger partial charge >= 0.3 is 6.03 Å². The number of amides is 2. The molecule has 2 rings (SSSR count). The van der Waals surface area contributed by atoms with Crippen molar-refractivity contribution in [3.8, 4) is 0 Å². The van der Waals surface area contributed by atoms with E-state index in [1.54, 1.807) is 6.07 Å². The van der Waals surface area contributed by atoms with Crippen molar-refractivity contribution in [1.29, 1.82) is 0 Å². The maximum absolute atomic E-state index is 13.0. The third-order valence-electron chi connectivity index (χ3n) is 2.73. The molecule has 0 unspecified atom stereocenters. The highest BCUT2D eigenvalue weighted by Crippen LogP contribution is 2.15. The molecule has 0 aliphatic rings. The number of nitrogens with one attached hydrogen (secondary N) is 2. The summed E-state index contributed by atoms with van der Waals surface area (Å²) in [6, 6.07) is 13.7. The second-order valence-electron chi connectivity index (χ2n) is 4.27. The second-order valence-corrected chi connectivity index (χ2v) is 4.68. The van der Waals surface area contributed by atoms with Gasteiger partial charge in [0, 0.05) is 13.1 Å². The van der Waals surface area contributed by atoms with Gasteiger partial charge in [0.2, 0.25) is 0 Å². The van der Waals surface area contributed by atoms with E-state index < -0.39 is 5.82 Å². The summed E-state index contributed by atoms with van der Waals surface area (Å²) in [5.74, 6) is -0.469. The van der Waals surface area contributed by atoms with Gasteiger partial charge in [-0.3, -0.25) is 0 Å². The first-order chi connectivity index (χ1) is 9.65. The van der Waals surface area contributed by atoms with Crippen molar-refractivity contribution in [2.24, 2.45) is 0 Å². The van der Waals surface area contributed by atoms with Crippen molar-refractivity contribution in [2.75, 3.05) is 0 Å². The molecular weight excluding hydrogens is 279 g/mol. The minimum atomic E-state index is -0.469. The molecule has 5 heteroatoms. The lowest BCUT2D eigenvalue weighted by Crippen LogP contribution is -2.34. The summed E-state index contributed by atoms with van der Waals surface area (Å²) < 4.78 is 13.0. The van der Waals surface area contributed by atoms with Crippen molar-refractivity contribution >= 4 is 17.6 Å². The molecule has 2 aromatic carbocycles. The van der Waals surface area contributed by atoms with Crippen LogP contribution >= 0.6 is 11.6 Å². The molecule has 2 N–H and O–H groups in total. The molecule has 2 aromatic rings. The molecule has 0 heterocycles. The Morgan fingerprint density at radius 3 is 2.30 bits per heavy atom. The summed E-state index contributed by atoms with van der Waals surface area (Å²) in [4.78, 5) is 11.6. The van der Waals surface area contributed by atoms with Crippen LogP contribution in [0.5, 0.6) is 0 Å². The molecular formula is C15H14ClFN2O.